The Labute approximate surface area is 109 Å². The van der Waals surface area contributed by atoms with E-state index in [1.54, 1.807) is 13.1 Å². The number of aromatic carboxylic acids is 1. The summed E-state index contributed by atoms with van der Waals surface area (Å²) in [7, 11) is 0. The second-order valence-corrected chi connectivity index (χ2v) is 4.90. The number of carboxylic acids is 1. The molecule has 0 spiro atoms. The lowest BCUT2D eigenvalue weighted by molar-refractivity contribution is 0.0701. The molecule has 6 heteroatoms. The molecule has 0 bridgehead atoms. The van der Waals surface area contributed by atoms with Crippen LogP contribution in [0.25, 0.3) is 0 Å². The quantitative estimate of drug-likeness (QED) is 0.886. The maximum Gasteiger partial charge on any atom is 0.347 e. The highest BCUT2D eigenvalue weighted by Crippen LogP contribution is 2.22. The molecule has 0 radical (unpaired) electrons. The summed E-state index contributed by atoms with van der Waals surface area (Å²) in [5, 5.41) is 12.6. The fraction of sp³-hybridized carbons (Fsp3) is 0.250. The third kappa shape index (κ3) is 2.84. The van der Waals surface area contributed by atoms with Gasteiger partial charge in [0, 0.05) is 18.4 Å². The van der Waals surface area contributed by atoms with Crippen LogP contribution < -0.4 is 5.32 Å². The van der Waals surface area contributed by atoms with Gasteiger partial charge in [-0.1, -0.05) is 17.4 Å². The van der Waals surface area contributed by atoms with E-state index >= 15 is 0 Å². The van der Waals surface area contributed by atoms with E-state index in [2.05, 4.69) is 15.3 Å². The zero-order valence-corrected chi connectivity index (χ0v) is 10.9. The highest BCUT2D eigenvalue weighted by molar-refractivity contribution is 7.17. The van der Waals surface area contributed by atoms with Crippen LogP contribution in [0.15, 0.2) is 18.3 Å². The first-order valence-electron chi connectivity index (χ1n) is 5.42. The Bertz CT molecular complexity index is 563. The molecule has 2 heterocycles. The molecule has 0 unspecified atom stereocenters. The molecule has 0 fully saturated rings. The Hall–Kier alpha value is -1.95. The van der Waals surface area contributed by atoms with Crippen molar-refractivity contribution in [2.24, 2.45) is 0 Å². The molecule has 2 rings (SSSR count). The minimum Gasteiger partial charge on any atom is -0.477 e. The van der Waals surface area contributed by atoms with Crippen molar-refractivity contribution in [2.75, 3.05) is 5.32 Å². The van der Waals surface area contributed by atoms with Gasteiger partial charge < -0.3 is 10.4 Å². The van der Waals surface area contributed by atoms with Crippen molar-refractivity contribution in [1.82, 2.24) is 9.97 Å². The molecule has 0 aliphatic heterocycles. The summed E-state index contributed by atoms with van der Waals surface area (Å²) in [6.07, 6.45) is 1.79. The monoisotopic (exact) mass is 263 g/mol. The highest BCUT2D eigenvalue weighted by atomic mass is 32.1. The van der Waals surface area contributed by atoms with Crippen LogP contribution in [0.4, 0.5) is 5.13 Å². The Kier molecular flexibility index (Phi) is 3.57. The third-order valence-electron chi connectivity index (χ3n) is 2.41. The molecular formula is C12H13N3O2S. The topological polar surface area (TPSA) is 75.1 Å². The first-order valence-corrected chi connectivity index (χ1v) is 6.24. The number of pyridine rings is 1. The molecule has 0 aromatic carbocycles. The molecule has 5 nitrogen and oxygen atoms in total. The highest BCUT2D eigenvalue weighted by Gasteiger charge is 2.13. The summed E-state index contributed by atoms with van der Waals surface area (Å²) >= 11 is 1.15. The van der Waals surface area contributed by atoms with Crippen molar-refractivity contribution in [3.05, 3.63) is 40.2 Å². The van der Waals surface area contributed by atoms with E-state index in [4.69, 9.17) is 5.11 Å². The number of carbonyl (C=O) groups is 1. The van der Waals surface area contributed by atoms with Gasteiger partial charge in [-0.3, -0.25) is 4.98 Å². The zero-order chi connectivity index (χ0) is 13.1. The molecule has 0 aliphatic carbocycles. The SMILES string of the molecule is Cc1ccc(CNc2nc(C)c(C(=O)O)s2)cn1. The number of rotatable bonds is 4. The lowest BCUT2D eigenvalue weighted by atomic mass is 10.2. The number of aryl methyl sites for hydroxylation is 2. The van der Waals surface area contributed by atoms with Gasteiger partial charge in [-0.2, -0.15) is 0 Å². The predicted molar refractivity (Wildman–Crippen MR) is 70.1 cm³/mol. The van der Waals surface area contributed by atoms with Crippen molar-refractivity contribution in [3.8, 4) is 0 Å². The summed E-state index contributed by atoms with van der Waals surface area (Å²) in [4.78, 5) is 19.5. The van der Waals surface area contributed by atoms with Crippen LogP contribution in [-0.2, 0) is 6.54 Å². The van der Waals surface area contributed by atoms with Gasteiger partial charge in [-0.05, 0) is 25.5 Å². The molecular weight excluding hydrogens is 250 g/mol. The number of hydrogen-bond acceptors (Lipinski definition) is 5. The minimum absolute atomic E-state index is 0.277. The van der Waals surface area contributed by atoms with E-state index in [0.29, 0.717) is 17.4 Å². The molecule has 2 aromatic rings. The van der Waals surface area contributed by atoms with Gasteiger partial charge in [0.1, 0.15) is 4.88 Å². The zero-order valence-electron chi connectivity index (χ0n) is 10.1. The fourth-order valence-corrected chi connectivity index (χ4v) is 2.25. The first kappa shape index (κ1) is 12.5. The average molecular weight is 263 g/mol. The van der Waals surface area contributed by atoms with Crippen LogP contribution in [0.2, 0.25) is 0 Å². The lowest BCUT2D eigenvalue weighted by Crippen LogP contribution is -1.99. The summed E-state index contributed by atoms with van der Waals surface area (Å²) in [6, 6.07) is 3.92. The van der Waals surface area contributed by atoms with Crippen molar-refractivity contribution in [2.45, 2.75) is 20.4 Å². The maximum atomic E-state index is 10.9. The number of nitrogens with zero attached hydrogens (tertiary/aromatic N) is 2. The normalized spacial score (nSPS) is 10.3. The molecule has 0 aliphatic rings. The first-order chi connectivity index (χ1) is 8.56. The van der Waals surface area contributed by atoms with Gasteiger partial charge in [0.25, 0.3) is 0 Å². The second kappa shape index (κ2) is 5.14. The largest absolute Gasteiger partial charge is 0.477 e. The molecule has 94 valence electrons. The van der Waals surface area contributed by atoms with Crippen LogP contribution in [0, 0.1) is 13.8 Å². The number of hydrogen-bond donors (Lipinski definition) is 2. The fourth-order valence-electron chi connectivity index (χ4n) is 1.45. The van der Waals surface area contributed by atoms with Crippen LogP contribution >= 0.6 is 11.3 Å². The number of aromatic nitrogens is 2. The maximum absolute atomic E-state index is 10.9. The van der Waals surface area contributed by atoms with E-state index in [1.165, 1.54) is 0 Å². The Morgan fingerprint density at radius 1 is 1.44 bits per heavy atom. The molecule has 18 heavy (non-hydrogen) atoms. The van der Waals surface area contributed by atoms with Crippen LogP contribution in [0.5, 0.6) is 0 Å². The number of nitrogens with one attached hydrogen (secondary N) is 1. The molecule has 2 aromatic heterocycles. The van der Waals surface area contributed by atoms with Gasteiger partial charge >= 0.3 is 5.97 Å². The van der Waals surface area contributed by atoms with Crippen LogP contribution in [-0.4, -0.2) is 21.0 Å². The molecule has 0 atom stereocenters. The number of carboxylic acid groups (broad SMARTS) is 1. The van der Waals surface area contributed by atoms with Gasteiger partial charge in [-0.25, -0.2) is 9.78 Å². The van der Waals surface area contributed by atoms with Crippen molar-refractivity contribution < 1.29 is 9.90 Å². The van der Waals surface area contributed by atoms with Crippen LogP contribution in [0.1, 0.15) is 26.6 Å². The standard InChI is InChI=1S/C12H13N3O2S/c1-7-3-4-9(5-13-7)6-14-12-15-8(2)10(18-12)11(16)17/h3-5H,6H2,1-2H3,(H,14,15)(H,16,17). The molecule has 0 amide bonds. The Morgan fingerprint density at radius 3 is 2.78 bits per heavy atom. The number of thiazole rings is 1. The molecule has 0 saturated heterocycles. The molecule has 2 N–H and O–H groups in total. The summed E-state index contributed by atoms with van der Waals surface area (Å²) in [5.41, 5.74) is 2.54. The predicted octanol–water partition coefficient (Wildman–Crippen LogP) is 2.47. The van der Waals surface area contributed by atoms with Crippen LogP contribution in [0.3, 0.4) is 0 Å². The average Bonchev–Trinajstić information content (AvgIpc) is 2.70. The van der Waals surface area contributed by atoms with E-state index in [9.17, 15) is 4.79 Å². The van der Waals surface area contributed by atoms with E-state index in [0.717, 1.165) is 22.6 Å². The number of anilines is 1. The Balaban J connectivity index is 2.04. The second-order valence-electron chi connectivity index (χ2n) is 3.90. The van der Waals surface area contributed by atoms with Crippen molar-refractivity contribution in [1.29, 1.82) is 0 Å². The van der Waals surface area contributed by atoms with E-state index in [1.807, 2.05) is 19.1 Å². The summed E-state index contributed by atoms with van der Waals surface area (Å²) < 4.78 is 0. The van der Waals surface area contributed by atoms with E-state index in [-0.39, 0.29) is 4.88 Å². The third-order valence-corrected chi connectivity index (χ3v) is 3.51. The lowest BCUT2D eigenvalue weighted by Gasteiger charge is -2.02. The summed E-state index contributed by atoms with van der Waals surface area (Å²) in [6.45, 7) is 4.21. The van der Waals surface area contributed by atoms with Gasteiger partial charge in [-0.15, -0.1) is 0 Å². The van der Waals surface area contributed by atoms with E-state index < -0.39 is 5.97 Å². The smallest absolute Gasteiger partial charge is 0.347 e. The minimum atomic E-state index is -0.935. The molecule has 0 saturated carbocycles. The van der Waals surface area contributed by atoms with Gasteiger partial charge in [0.15, 0.2) is 5.13 Å². The van der Waals surface area contributed by atoms with Gasteiger partial charge in [0.05, 0.1) is 5.69 Å². The van der Waals surface area contributed by atoms with Gasteiger partial charge in [0.2, 0.25) is 0 Å². The van der Waals surface area contributed by atoms with Crippen molar-refractivity contribution in [3.63, 3.8) is 0 Å². The Morgan fingerprint density at radius 2 is 2.22 bits per heavy atom. The van der Waals surface area contributed by atoms with Crippen molar-refractivity contribution >= 4 is 22.4 Å². The summed E-state index contributed by atoms with van der Waals surface area (Å²) in [5.74, 6) is -0.935.